The number of methoxy groups -OCH3 is 1. The van der Waals surface area contributed by atoms with E-state index in [1.807, 2.05) is 60.7 Å². The lowest BCUT2D eigenvalue weighted by atomic mass is 10.1. The molecule has 4 nitrogen and oxygen atoms in total. The third-order valence-electron chi connectivity index (χ3n) is 4.27. The predicted molar refractivity (Wildman–Crippen MR) is 107 cm³/mol. The number of benzene rings is 3. The highest BCUT2D eigenvalue weighted by atomic mass is 19.1. The number of para-hydroxylation sites is 1. The van der Waals surface area contributed by atoms with Crippen LogP contribution in [-0.4, -0.2) is 17.3 Å². The summed E-state index contributed by atoms with van der Waals surface area (Å²) in [5.74, 6) is 1.30. The zero-order chi connectivity index (χ0) is 19.3. The van der Waals surface area contributed by atoms with Crippen LogP contribution in [0.1, 0.15) is 11.1 Å². The second kappa shape index (κ2) is 7.88. The minimum Gasteiger partial charge on any atom is -0.496 e. The molecule has 0 N–H and O–H groups in total. The van der Waals surface area contributed by atoms with Gasteiger partial charge in [0.15, 0.2) is 0 Å². The normalized spacial score (nSPS) is 11.1. The first-order valence-electron chi connectivity index (χ1n) is 8.74. The van der Waals surface area contributed by atoms with Crippen molar-refractivity contribution in [2.24, 2.45) is 0 Å². The van der Waals surface area contributed by atoms with Crippen LogP contribution in [0.5, 0.6) is 5.75 Å². The fraction of sp³-hybridized carbons (Fsp3) is 0.0435. The summed E-state index contributed by atoms with van der Waals surface area (Å²) in [6.07, 6.45) is 4.02. The van der Waals surface area contributed by atoms with Gasteiger partial charge in [-0.15, -0.1) is 10.2 Å². The van der Waals surface area contributed by atoms with Gasteiger partial charge in [-0.05, 0) is 48.0 Å². The molecule has 1 heterocycles. The number of hydrogen-bond acceptors (Lipinski definition) is 4. The summed E-state index contributed by atoms with van der Waals surface area (Å²) in [6.45, 7) is 0. The molecule has 0 bridgehead atoms. The molecule has 5 heteroatoms. The zero-order valence-corrected chi connectivity index (χ0v) is 15.2. The van der Waals surface area contributed by atoms with Crippen LogP contribution in [0.25, 0.3) is 35.1 Å². The van der Waals surface area contributed by atoms with Gasteiger partial charge in [-0.2, -0.15) is 0 Å². The van der Waals surface area contributed by atoms with E-state index in [2.05, 4.69) is 10.2 Å². The molecule has 0 radical (unpaired) electrons. The predicted octanol–water partition coefficient (Wildman–Crippen LogP) is 5.72. The number of halogens is 1. The molecule has 4 rings (SSSR count). The Bertz CT molecular complexity index is 1100. The fourth-order valence-corrected chi connectivity index (χ4v) is 2.78. The molecule has 0 spiro atoms. The third kappa shape index (κ3) is 3.83. The summed E-state index contributed by atoms with van der Waals surface area (Å²) in [5.41, 5.74) is 3.54. The van der Waals surface area contributed by atoms with E-state index in [0.717, 1.165) is 22.4 Å². The van der Waals surface area contributed by atoms with Gasteiger partial charge in [0, 0.05) is 16.7 Å². The van der Waals surface area contributed by atoms with Gasteiger partial charge in [-0.3, -0.25) is 0 Å². The average molecular weight is 372 g/mol. The van der Waals surface area contributed by atoms with Gasteiger partial charge in [0.05, 0.1) is 7.11 Å². The maximum absolute atomic E-state index is 13.0. The number of ether oxygens (including phenoxy) is 1. The first-order chi connectivity index (χ1) is 13.7. The summed E-state index contributed by atoms with van der Waals surface area (Å²) < 4.78 is 24.1. The van der Waals surface area contributed by atoms with E-state index in [1.54, 1.807) is 19.2 Å². The van der Waals surface area contributed by atoms with Crippen molar-refractivity contribution in [3.05, 3.63) is 89.7 Å². The molecule has 0 fully saturated rings. The van der Waals surface area contributed by atoms with Gasteiger partial charge >= 0.3 is 0 Å². The molecule has 0 saturated heterocycles. The summed E-state index contributed by atoms with van der Waals surface area (Å²) in [4.78, 5) is 0. The highest BCUT2D eigenvalue weighted by Gasteiger charge is 2.10. The molecule has 0 atom stereocenters. The van der Waals surface area contributed by atoms with Gasteiger partial charge in [-0.25, -0.2) is 4.39 Å². The molecule has 138 valence electrons. The molecular formula is C23H17FN2O2. The topological polar surface area (TPSA) is 48.2 Å². The fourth-order valence-electron chi connectivity index (χ4n) is 2.78. The SMILES string of the molecule is COc1ccccc1/C=C/c1ccc(-c2nnc(-c3ccc(F)cc3)o2)cc1. The van der Waals surface area contributed by atoms with Gasteiger partial charge in [0.25, 0.3) is 0 Å². The van der Waals surface area contributed by atoms with Crippen molar-refractivity contribution in [3.63, 3.8) is 0 Å². The average Bonchev–Trinajstić information content (AvgIpc) is 3.23. The molecule has 0 aliphatic heterocycles. The van der Waals surface area contributed by atoms with Gasteiger partial charge < -0.3 is 9.15 Å². The third-order valence-corrected chi connectivity index (χ3v) is 4.27. The van der Waals surface area contributed by atoms with Crippen molar-refractivity contribution < 1.29 is 13.5 Å². The smallest absolute Gasteiger partial charge is 0.248 e. The maximum atomic E-state index is 13.0. The van der Waals surface area contributed by atoms with Crippen molar-refractivity contribution in [3.8, 4) is 28.7 Å². The first-order valence-corrected chi connectivity index (χ1v) is 8.74. The molecule has 0 aliphatic carbocycles. The minimum atomic E-state index is -0.305. The molecule has 0 aliphatic rings. The molecule has 4 aromatic rings. The van der Waals surface area contributed by atoms with Crippen LogP contribution >= 0.6 is 0 Å². The zero-order valence-electron chi connectivity index (χ0n) is 15.2. The van der Waals surface area contributed by atoms with Crippen LogP contribution in [-0.2, 0) is 0 Å². The molecule has 0 unspecified atom stereocenters. The molecular weight excluding hydrogens is 355 g/mol. The lowest BCUT2D eigenvalue weighted by Crippen LogP contribution is -1.85. The molecule has 1 aromatic heterocycles. The van der Waals surface area contributed by atoms with Crippen LogP contribution < -0.4 is 4.74 Å². The van der Waals surface area contributed by atoms with E-state index in [4.69, 9.17) is 9.15 Å². The molecule has 28 heavy (non-hydrogen) atoms. The van der Waals surface area contributed by atoms with Gasteiger partial charge in [0.1, 0.15) is 11.6 Å². The summed E-state index contributed by atoms with van der Waals surface area (Å²) in [5, 5.41) is 8.13. The molecule has 0 amide bonds. The monoisotopic (exact) mass is 372 g/mol. The standard InChI is InChI=1S/C23H17FN2O2/c1-27-21-5-3-2-4-17(21)9-6-16-7-10-18(11-8-16)22-25-26-23(28-22)19-12-14-20(24)15-13-19/h2-15H,1H3/b9-6+. The number of rotatable bonds is 5. The molecule has 3 aromatic carbocycles. The van der Waals surface area contributed by atoms with E-state index in [1.165, 1.54) is 12.1 Å². The van der Waals surface area contributed by atoms with Gasteiger partial charge in [0.2, 0.25) is 11.8 Å². The Labute approximate surface area is 161 Å². The van der Waals surface area contributed by atoms with E-state index < -0.39 is 0 Å². The summed E-state index contributed by atoms with van der Waals surface area (Å²) >= 11 is 0. The van der Waals surface area contributed by atoms with Crippen molar-refractivity contribution >= 4 is 12.2 Å². The quantitative estimate of drug-likeness (QED) is 0.420. The first kappa shape index (κ1) is 17.7. The Hall–Kier alpha value is -3.73. The van der Waals surface area contributed by atoms with Crippen LogP contribution in [0.3, 0.4) is 0 Å². The Morgan fingerprint density at radius 3 is 2.04 bits per heavy atom. The number of aromatic nitrogens is 2. The van der Waals surface area contributed by atoms with Crippen molar-refractivity contribution in [2.75, 3.05) is 7.11 Å². The Kier molecular flexibility index (Phi) is 4.97. The van der Waals surface area contributed by atoms with Crippen molar-refractivity contribution in [1.82, 2.24) is 10.2 Å². The van der Waals surface area contributed by atoms with E-state index >= 15 is 0 Å². The lowest BCUT2D eigenvalue weighted by molar-refractivity contribution is 0.414. The van der Waals surface area contributed by atoms with Crippen molar-refractivity contribution in [2.45, 2.75) is 0 Å². The van der Waals surface area contributed by atoms with Gasteiger partial charge in [-0.1, -0.05) is 42.5 Å². The largest absolute Gasteiger partial charge is 0.496 e. The second-order valence-electron chi connectivity index (χ2n) is 6.12. The molecule has 0 saturated carbocycles. The van der Waals surface area contributed by atoms with E-state index in [-0.39, 0.29) is 5.82 Å². The Balaban J connectivity index is 1.52. The summed E-state index contributed by atoms with van der Waals surface area (Å²) in [7, 11) is 1.66. The van der Waals surface area contributed by atoms with Crippen LogP contribution in [0.2, 0.25) is 0 Å². The maximum Gasteiger partial charge on any atom is 0.248 e. The highest BCUT2D eigenvalue weighted by Crippen LogP contribution is 2.25. The summed E-state index contributed by atoms with van der Waals surface area (Å²) in [6, 6.07) is 21.6. The van der Waals surface area contributed by atoms with Crippen molar-refractivity contribution in [1.29, 1.82) is 0 Å². The number of nitrogens with zero attached hydrogens (tertiary/aromatic N) is 2. The minimum absolute atomic E-state index is 0.305. The van der Waals surface area contributed by atoms with E-state index in [0.29, 0.717) is 17.3 Å². The Morgan fingerprint density at radius 2 is 1.39 bits per heavy atom. The van der Waals surface area contributed by atoms with E-state index in [9.17, 15) is 4.39 Å². The Morgan fingerprint density at radius 1 is 0.786 bits per heavy atom. The second-order valence-corrected chi connectivity index (χ2v) is 6.12. The van der Waals surface area contributed by atoms with Crippen LogP contribution in [0.15, 0.2) is 77.2 Å². The highest BCUT2D eigenvalue weighted by molar-refractivity contribution is 5.73. The lowest BCUT2D eigenvalue weighted by Gasteiger charge is -2.03. The van der Waals surface area contributed by atoms with Crippen LogP contribution in [0, 0.1) is 5.82 Å². The van der Waals surface area contributed by atoms with Crippen LogP contribution in [0.4, 0.5) is 4.39 Å². The number of hydrogen-bond donors (Lipinski definition) is 0.